The Balaban J connectivity index is 2.46. The zero-order chi connectivity index (χ0) is 17.2. The lowest BCUT2D eigenvalue weighted by atomic mass is 10.2. The molecule has 0 radical (unpaired) electrons. The predicted octanol–water partition coefficient (Wildman–Crippen LogP) is 0.470. The fraction of sp³-hybridized carbons (Fsp3) is 0.875. The Hall–Kier alpha value is -0.790. The Kier molecular flexibility index (Phi) is 9.59. The molecule has 0 aromatic rings. The van der Waals surface area contributed by atoms with Crippen molar-refractivity contribution in [3.8, 4) is 0 Å². The summed E-state index contributed by atoms with van der Waals surface area (Å²) in [6, 6.07) is -0.397. The van der Waals surface area contributed by atoms with Crippen LogP contribution >= 0.6 is 11.8 Å². The monoisotopic (exact) mass is 344 g/mol. The van der Waals surface area contributed by atoms with Gasteiger partial charge in [0.15, 0.2) is 0 Å². The lowest BCUT2D eigenvalue weighted by Crippen LogP contribution is -2.46. The summed E-state index contributed by atoms with van der Waals surface area (Å²) in [7, 11) is 0. The molecule has 2 amide bonds. The summed E-state index contributed by atoms with van der Waals surface area (Å²) in [4.78, 5) is 30.5. The van der Waals surface area contributed by atoms with Gasteiger partial charge in [-0.1, -0.05) is 0 Å². The molecule has 0 aliphatic carbocycles. The molecule has 0 aromatic heterocycles. The van der Waals surface area contributed by atoms with Gasteiger partial charge in [0, 0.05) is 39.3 Å². The van der Waals surface area contributed by atoms with E-state index in [1.54, 1.807) is 11.8 Å². The zero-order valence-corrected chi connectivity index (χ0v) is 15.6. The largest absolute Gasteiger partial charge is 0.342 e. The van der Waals surface area contributed by atoms with E-state index in [9.17, 15) is 9.59 Å². The third-order valence-electron chi connectivity index (χ3n) is 4.33. The number of carbonyl (C=O) groups excluding carboxylic acids is 2. The number of thioether (sulfide) groups is 1. The molecule has 0 saturated carbocycles. The van der Waals surface area contributed by atoms with Crippen molar-refractivity contribution < 1.29 is 9.59 Å². The van der Waals surface area contributed by atoms with Gasteiger partial charge in [0.1, 0.15) is 0 Å². The zero-order valence-electron chi connectivity index (χ0n) is 14.8. The second kappa shape index (κ2) is 10.9. The molecule has 1 atom stereocenters. The van der Waals surface area contributed by atoms with Gasteiger partial charge in [-0.05, 0) is 38.7 Å². The van der Waals surface area contributed by atoms with Gasteiger partial charge in [-0.25, -0.2) is 0 Å². The molecular weight excluding hydrogens is 312 g/mol. The van der Waals surface area contributed by atoms with Crippen LogP contribution in [0.5, 0.6) is 0 Å². The number of nitrogens with zero attached hydrogens (tertiary/aromatic N) is 3. The lowest BCUT2D eigenvalue weighted by molar-refractivity contribution is -0.132. The first-order chi connectivity index (χ1) is 11.0. The van der Waals surface area contributed by atoms with Crippen molar-refractivity contribution in [1.29, 1.82) is 0 Å². The van der Waals surface area contributed by atoms with E-state index >= 15 is 0 Å². The van der Waals surface area contributed by atoms with Gasteiger partial charge in [0.2, 0.25) is 11.8 Å². The number of likely N-dealkylation sites (N-methyl/N-ethyl adjacent to an activating group) is 1. The lowest BCUT2D eigenvalue weighted by Gasteiger charge is -2.26. The maximum absolute atomic E-state index is 12.4. The van der Waals surface area contributed by atoms with Crippen molar-refractivity contribution in [3.05, 3.63) is 0 Å². The summed E-state index contributed by atoms with van der Waals surface area (Å²) < 4.78 is 0. The van der Waals surface area contributed by atoms with E-state index in [1.807, 2.05) is 29.9 Å². The Morgan fingerprint density at radius 1 is 1.17 bits per heavy atom. The van der Waals surface area contributed by atoms with Crippen LogP contribution < -0.4 is 5.73 Å². The molecular formula is C16H32N4O2S. The highest BCUT2D eigenvalue weighted by atomic mass is 32.2. The minimum absolute atomic E-state index is 0.0518. The number of rotatable bonds is 8. The molecule has 1 aliphatic rings. The number of carbonyl (C=O) groups is 2. The molecule has 1 unspecified atom stereocenters. The molecule has 1 heterocycles. The fourth-order valence-electron chi connectivity index (χ4n) is 2.82. The van der Waals surface area contributed by atoms with Crippen molar-refractivity contribution in [3.63, 3.8) is 0 Å². The van der Waals surface area contributed by atoms with Crippen LogP contribution in [0.2, 0.25) is 0 Å². The molecule has 1 saturated heterocycles. The molecule has 1 aliphatic heterocycles. The second-order valence-corrected chi connectivity index (χ2v) is 6.89. The molecule has 1 fully saturated rings. The highest BCUT2D eigenvalue weighted by Gasteiger charge is 2.24. The van der Waals surface area contributed by atoms with Crippen LogP contribution in [-0.2, 0) is 9.59 Å². The van der Waals surface area contributed by atoms with E-state index in [-0.39, 0.29) is 11.8 Å². The molecule has 2 N–H and O–H groups in total. The third kappa shape index (κ3) is 6.69. The normalized spacial score (nSPS) is 17.7. The quantitative estimate of drug-likeness (QED) is 0.693. The summed E-state index contributed by atoms with van der Waals surface area (Å²) in [5.74, 6) is 1.13. The van der Waals surface area contributed by atoms with Crippen molar-refractivity contribution in [1.82, 2.24) is 14.7 Å². The SMILES string of the molecule is CCN(CC)C(=O)CN1CCCN(C(=O)C(N)CCSC)CC1. The number of hydrogen-bond donors (Lipinski definition) is 1. The molecule has 0 bridgehead atoms. The van der Waals surface area contributed by atoms with Crippen LogP contribution in [0.4, 0.5) is 0 Å². The van der Waals surface area contributed by atoms with Crippen LogP contribution in [0.1, 0.15) is 26.7 Å². The Morgan fingerprint density at radius 2 is 1.87 bits per heavy atom. The van der Waals surface area contributed by atoms with Gasteiger partial charge >= 0.3 is 0 Å². The minimum Gasteiger partial charge on any atom is -0.342 e. The molecule has 134 valence electrons. The standard InChI is InChI=1S/C16H32N4O2S/c1-4-19(5-2)15(21)13-18-8-6-9-20(11-10-18)16(22)14(17)7-12-23-3/h14H,4-13,17H2,1-3H3. The second-order valence-electron chi connectivity index (χ2n) is 5.91. The van der Waals surface area contributed by atoms with E-state index in [2.05, 4.69) is 4.90 Å². The fourth-order valence-corrected chi connectivity index (χ4v) is 3.31. The minimum atomic E-state index is -0.397. The van der Waals surface area contributed by atoms with Crippen LogP contribution in [0.3, 0.4) is 0 Å². The van der Waals surface area contributed by atoms with E-state index < -0.39 is 6.04 Å². The average Bonchev–Trinajstić information content (AvgIpc) is 2.78. The number of amides is 2. The van der Waals surface area contributed by atoms with Crippen LogP contribution in [0.15, 0.2) is 0 Å². The van der Waals surface area contributed by atoms with Gasteiger partial charge in [-0.15, -0.1) is 0 Å². The molecule has 0 aromatic carbocycles. The summed E-state index contributed by atoms with van der Waals surface area (Å²) >= 11 is 1.71. The highest BCUT2D eigenvalue weighted by Crippen LogP contribution is 2.08. The van der Waals surface area contributed by atoms with E-state index in [0.29, 0.717) is 13.1 Å². The molecule has 23 heavy (non-hydrogen) atoms. The maximum Gasteiger partial charge on any atom is 0.239 e. The smallest absolute Gasteiger partial charge is 0.239 e. The Bertz CT molecular complexity index is 377. The molecule has 6 nitrogen and oxygen atoms in total. The Morgan fingerprint density at radius 3 is 2.48 bits per heavy atom. The van der Waals surface area contributed by atoms with Crippen LogP contribution in [0, 0.1) is 0 Å². The van der Waals surface area contributed by atoms with Gasteiger partial charge < -0.3 is 15.5 Å². The first kappa shape index (κ1) is 20.3. The molecule has 1 rings (SSSR count). The average molecular weight is 345 g/mol. The van der Waals surface area contributed by atoms with Crippen LogP contribution in [-0.4, -0.2) is 90.4 Å². The summed E-state index contributed by atoms with van der Waals surface area (Å²) in [5.41, 5.74) is 6.00. The highest BCUT2D eigenvalue weighted by molar-refractivity contribution is 7.98. The molecule has 7 heteroatoms. The Labute approximate surface area is 144 Å². The number of nitrogens with two attached hydrogens (primary N) is 1. The van der Waals surface area contributed by atoms with E-state index in [0.717, 1.165) is 51.3 Å². The van der Waals surface area contributed by atoms with Crippen LogP contribution in [0.25, 0.3) is 0 Å². The maximum atomic E-state index is 12.4. The topological polar surface area (TPSA) is 69.9 Å². The van der Waals surface area contributed by atoms with E-state index in [4.69, 9.17) is 5.73 Å². The first-order valence-corrected chi connectivity index (χ1v) is 9.96. The predicted molar refractivity (Wildman–Crippen MR) is 96.5 cm³/mol. The van der Waals surface area contributed by atoms with Crippen molar-refractivity contribution in [2.24, 2.45) is 5.73 Å². The van der Waals surface area contributed by atoms with E-state index in [1.165, 1.54) is 0 Å². The van der Waals surface area contributed by atoms with Gasteiger partial charge in [0.25, 0.3) is 0 Å². The third-order valence-corrected chi connectivity index (χ3v) is 4.97. The number of hydrogen-bond acceptors (Lipinski definition) is 5. The summed E-state index contributed by atoms with van der Waals surface area (Å²) in [6.07, 6.45) is 3.64. The van der Waals surface area contributed by atoms with Crippen molar-refractivity contribution >= 4 is 23.6 Å². The summed E-state index contributed by atoms with van der Waals surface area (Å²) in [5, 5.41) is 0. The molecule has 0 spiro atoms. The van der Waals surface area contributed by atoms with Gasteiger partial charge in [0.05, 0.1) is 12.6 Å². The first-order valence-electron chi connectivity index (χ1n) is 8.56. The van der Waals surface area contributed by atoms with Gasteiger partial charge in [-0.2, -0.15) is 11.8 Å². The summed E-state index contributed by atoms with van der Waals surface area (Å²) in [6.45, 7) is 8.95. The van der Waals surface area contributed by atoms with Gasteiger partial charge in [-0.3, -0.25) is 14.5 Å². The van der Waals surface area contributed by atoms with Crippen molar-refractivity contribution in [2.45, 2.75) is 32.7 Å². The van der Waals surface area contributed by atoms with Crippen molar-refractivity contribution in [2.75, 3.05) is 57.8 Å².